The summed E-state index contributed by atoms with van der Waals surface area (Å²) in [5.41, 5.74) is 3.56. The van der Waals surface area contributed by atoms with Gasteiger partial charge in [-0.25, -0.2) is 0 Å². The highest BCUT2D eigenvalue weighted by Gasteiger charge is 2.07. The lowest BCUT2D eigenvalue weighted by Crippen LogP contribution is -2.15. The van der Waals surface area contributed by atoms with Gasteiger partial charge in [0.15, 0.2) is 0 Å². The Labute approximate surface area is 130 Å². The summed E-state index contributed by atoms with van der Waals surface area (Å²) in [7, 11) is 0. The zero-order chi connectivity index (χ0) is 14.5. The normalized spacial score (nSPS) is 11.1. The number of H-pyrrole nitrogens is 1. The van der Waals surface area contributed by atoms with Gasteiger partial charge in [0.1, 0.15) is 0 Å². The molecule has 0 unspecified atom stereocenters. The molecule has 0 spiro atoms. The molecule has 0 saturated carbocycles. The summed E-state index contributed by atoms with van der Waals surface area (Å²) in [5.74, 6) is 0. The summed E-state index contributed by atoms with van der Waals surface area (Å²) in [6, 6.07) is 18.7. The zero-order valence-electron chi connectivity index (χ0n) is 11.9. The fraction of sp³-hybridized carbons (Fsp3) is 0.222. The smallest absolute Gasteiger partial charge is 0.0705 e. The van der Waals surface area contributed by atoms with E-state index >= 15 is 0 Å². The van der Waals surface area contributed by atoms with E-state index in [9.17, 15) is 0 Å². The molecule has 0 aliphatic heterocycles. The Balaban J connectivity index is 1.49. The lowest BCUT2D eigenvalue weighted by Gasteiger charge is -2.04. The van der Waals surface area contributed by atoms with E-state index in [0.29, 0.717) is 0 Å². The van der Waals surface area contributed by atoms with Crippen molar-refractivity contribution >= 4 is 22.5 Å². The largest absolute Gasteiger partial charge is 0.356 e. The number of hydrogen-bond donors (Lipinski definition) is 2. The molecule has 21 heavy (non-hydrogen) atoms. The van der Waals surface area contributed by atoms with E-state index in [2.05, 4.69) is 46.7 Å². The molecular formula is C18H19ClN2. The zero-order valence-corrected chi connectivity index (χ0v) is 12.7. The minimum absolute atomic E-state index is 0.780. The van der Waals surface area contributed by atoms with Crippen molar-refractivity contribution in [3.05, 3.63) is 70.9 Å². The molecule has 0 amide bonds. The monoisotopic (exact) mass is 298 g/mol. The molecule has 0 aliphatic carbocycles. The van der Waals surface area contributed by atoms with Crippen LogP contribution >= 0.6 is 11.6 Å². The molecule has 0 radical (unpaired) electrons. The molecule has 0 aliphatic rings. The van der Waals surface area contributed by atoms with E-state index in [0.717, 1.165) is 47.6 Å². The van der Waals surface area contributed by atoms with E-state index < -0.39 is 0 Å². The molecule has 1 heterocycles. The molecule has 108 valence electrons. The Morgan fingerprint density at radius 3 is 2.52 bits per heavy atom. The first-order chi connectivity index (χ1) is 10.3. The van der Waals surface area contributed by atoms with Crippen LogP contribution in [0.1, 0.15) is 17.7 Å². The van der Waals surface area contributed by atoms with Crippen LogP contribution in [0.4, 0.5) is 0 Å². The van der Waals surface area contributed by atoms with Crippen molar-refractivity contribution in [2.24, 2.45) is 0 Å². The second-order valence-corrected chi connectivity index (χ2v) is 5.61. The van der Waals surface area contributed by atoms with Crippen LogP contribution in [0.2, 0.25) is 5.02 Å². The quantitative estimate of drug-likeness (QED) is 0.642. The van der Waals surface area contributed by atoms with Crippen molar-refractivity contribution in [1.29, 1.82) is 0 Å². The Kier molecular flexibility index (Phi) is 4.59. The summed E-state index contributed by atoms with van der Waals surface area (Å²) in [5, 5.41) is 5.39. The molecule has 2 nitrogen and oxygen atoms in total. The second-order valence-electron chi connectivity index (χ2n) is 5.23. The van der Waals surface area contributed by atoms with Gasteiger partial charge in [-0.2, -0.15) is 0 Å². The van der Waals surface area contributed by atoms with Gasteiger partial charge in [0.05, 0.1) is 5.02 Å². The molecule has 0 bridgehead atoms. The van der Waals surface area contributed by atoms with Crippen LogP contribution in [0.5, 0.6) is 0 Å². The van der Waals surface area contributed by atoms with E-state index in [1.54, 1.807) is 0 Å². The number of hydrogen-bond acceptors (Lipinski definition) is 1. The topological polar surface area (TPSA) is 27.8 Å². The van der Waals surface area contributed by atoms with E-state index in [1.807, 2.05) is 18.2 Å². The average molecular weight is 299 g/mol. The van der Waals surface area contributed by atoms with Crippen molar-refractivity contribution in [2.45, 2.75) is 19.4 Å². The predicted molar refractivity (Wildman–Crippen MR) is 89.8 cm³/mol. The third-order valence-corrected chi connectivity index (χ3v) is 4.11. The third kappa shape index (κ3) is 3.46. The van der Waals surface area contributed by atoms with Gasteiger partial charge >= 0.3 is 0 Å². The molecule has 0 atom stereocenters. The summed E-state index contributed by atoms with van der Waals surface area (Å²) >= 11 is 6.39. The van der Waals surface area contributed by atoms with Gasteiger partial charge in [-0.1, -0.05) is 60.1 Å². The third-order valence-electron chi connectivity index (χ3n) is 3.68. The molecule has 2 N–H and O–H groups in total. The molecule has 0 saturated heterocycles. The SMILES string of the molecule is Clc1c(CNCCCc2ccccc2)[nH]c2ccccc12. The Bertz CT molecular complexity index is 704. The minimum Gasteiger partial charge on any atom is -0.356 e. The maximum atomic E-state index is 6.39. The number of para-hydroxylation sites is 1. The number of aromatic amines is 1. The molecule has 3 heteroatoms. The van der Waals surface area contributed by atoms with Gasteiger partial charge in [-0.15, -0.1) is 0 Å². The minimum atomic E-state index is 0.780. The van der Waals surface area contributed by atoms with E-state index in [-0.39, 0.29) is 0 Å². The number of fused-ring (bicyclic) bond motifs is 1. The fourth-order valence-corrected chi connectivity index (χ4v) is 2.84. The lowest BCUT2D eigenvalue weighted by atomic mass is 10.1. The first kappa shape index (κ1) is 14.2. The van der Waals surface area contributed by atoms with E-state index in [4.69, 9.17) is 11.6 Å². The molecule has 3 aromatic rings. The van der Waals surface area contributed by atoms with E-state index in [1.165, 1.54) is 5.56 Å². The number of aryl methyl sites for hydroxylation is 1. The predicted octanol–water partition coefficient (Wildman–Crippen LogP) is 4.54. The molecule has 1 aromatic heterocycles. The Morgan fingerprint density at radius 1 is 0.952 bits per heavy atom. The maximum absolute atomic E-state index is 6.39. The summed E-state index contributed by atoms with van der Waals surface area (Å²) in [6.45, 7) is 1.77. The maximum Gasteiger partial charge on any atom is 0.0705 e. The molecule has 2 aromatic carbocycles. The van der Waals surface area contributed by atoms with Gasteiger partial charge in [0.25, 0.3) is 0 Å². The van der Waals surface area contributed by atoms with Crippen molar-refractivity contribution in [3.63, 3.8) is 0 Å². The van der Waals surface area contributed by atoms with Crippen molar-refractivity contribution in [3.8, 4) is 0 Å². The molecule has 0 fully saturated rings. The summed E-state index contributed by atoms with van der Waals surface area (Å²) in [6.07, 6.45) is 2.23. The number of rotatable bonds is 6. The molecular weight excluding hydrogens is 280 g/mol. The summed E-state index contributed by atoms with van der Waals surface area (Å²) in [4.78, 5) is 3.38. The van der Waals surface area contributed by atoms with Gasteiger partial charge in [-0.05, 0) is 31.0 Å². The van der Waals surface area contributed by atoms with Crippen LogP contribution in [-0.4, -0.2) is 11.5 Å². The van der Waals surface area contributed by atoms with Crippen LogP contribution in [0.25, 0.3) is 10.9 Å². The lowest BCUT2D eigenvalue weighted by molar-refractivity contribution is 0.643. The Hall–Kier alpha value is -1.77. The highest BCUT2D eigenvalue weighted by molar-refractivity contribution is 6.36. The van der Waals surface area contributed by atoms with Gasteiger partial charge in [-0.3, -0.25) is 0 Å². The first-order valence-corrected chi connectivity index (χ1v) is 7.72. The standard InChI is InChI=1S/C18H19ClN2/c19-18-15-10-4-5-11-16(15)21-17(18)13-20-12-6-9-14-7-2-1-3-8-14/h1-5,7-8,10-11,20-21H,6,9,12-13H2. The van der Waals surface area contributed by atoms with Crippen LogP contribution in [0.15, 0.2) is 54.6 Å². The second kappa shape index (κ2) is 6.79. The summed E-state index contributed by atoms with van der Waals surface area (Å²) < 4.78 is 0. The van der Waals surface area contributed by atoms with Crippen LogP contribution in [-0.2, 0) is 13.0 Å². The average Bonchev–Trinajstić information content (AvgIpc) is 2.85. The van der Waals surface area contributed by atoms with Gasteiger partial charge in [0, 0.05) is 23.1 Å². The van der Waals surface area contributed by atoms with Crippen molar-refractivity contribution in [2.75, 3.05) is 6.54 Å². The highest BCUT2D eigenvalue weighted by atomic mass is 35.5. The van der Waals surface area contributed by atoms with Crippen LogP contribution in [0, 0.1) is 0 Å². The highest BCUT2D eigenvalue weighted by Crippen LogP contribution is 2.26. The molecule has 3 rings (SSSR count). The Morgan fingerprint density at radius 2 is 1.71 bits per heavy atom. The van der Waals surface area contributed by atoms with Crippen molar-refractivity contribution in [1.82, 2.24) is 10.3 Å². The number of halogens is 1. The van der Waals surface area contributed by atoms with Gasteiger partial charge in [0.2, 0.25) is 0 Å². The fourth-order valence-electron chi connectivity index (χ4n) is 2.56. The number of nitrogens with one attached hydrogen (secondary N) is 2. The number of aromatic nitrogens is 1. The van der Waals surface area contributed by atoms with Crippen LogP contribution in [0.3, 0.4) is 0 Å². The first-order valence-electron chi connectivity index (χ1n) is 7.34. The van der Waals surface area contributed by atoms with Gasteiger partial charge < -0.3 is 10.3 Å². The van der Waals surface area contributed by atoms with Crippen LogP contribution < -0.4 is 5.32 Å². The number of benzene rings is 2. The van der Waals surface area contributed by atoms with Crippen molar-refractivity contribution < 1.29 is 0 Å².